The van der Waals surface area contributed by atoms with Crippen molar-refractivity contribution in [2.45, 2.75) is 51.2 Å². The zero-order valence-electron chi connectivity index (χ0n) is 10.6. The number of carbonyl (C=O) groups is 1. The van der Waals surface area contributed by atoms with Gasteiger partial charge in [-0.05, 0) is 31.7 Å². The van der Waals surface area contributed by atoms with Crippen LogP contribution in [0.3, 0.4) is 0 Å². The van der Waals surface area contributed by atoms with E-state index in [0.717, 1.165) is 32.2 Å². The lowest BCUT2D eigenvalue weighted by Gasteiger charge is -2.28. The molecule has 4 heteroatoms. The van der Waals surface area contributed by atoms with Gasteiger partial charge in [0, 0.05) is 12.5 Å². The molecule has 0 radical (unpaired) electrons. The predicted molar refractivity (Wildman–Crippen MR) is 66.5 cm³/mol. The molecule has 4 nitrogen and oxygen atoms in total. The van der Waals surface area contributed by atoms with Crippen LogP contribution in [0.5, 0.6) is 0 Å². The zero-order chi connectivity index (χ0) is 12.3. The summed E-state index contributed by atoms with van der Waals surface area (Å²) in [5, 5.41) is 16.1. The van der Waals surface area contributed by atoms with Crippen LogP contribution in [0, 0.1) is 11.8 Å². The van der Waals surface area contributed by atoms with E-state index in [4.69, 9.17) is 0 Å². The monoisotopic (exact) mass is 240 g/mol. The van der Waals surface area contributed by atoms with Gasteiger partial charge in [-0.1, -0.05) is 19.8 Å². The number of amides is 1. The Balaban J connectivity index is 1.75. The molecule has 0 spiro atoms. The Bertz CT molecular complexity index is 270. The van der Waals surface area contributed by atoms with E-state index < -0.39 is 0 Å². The molecule has 4 atom stereocenters. The Labute approximate surface area is 103 Å². The number of hydrogen-bond donors (Lipinski definition) is 3. The molecule has 1 heterocycles. The van der Waals surface area contributed by atoms with Crippen molar-refractivity contribution in [1.29, 1.82) is 0 Å². The molecule has 2 fully saturated rings. The number of aliphatic hydroxyl groups excluding tert-OH is 1. The second-order valence-electron chi connectivity index (χ2n) is 5.55. The first kappa shape index (κ1) is 12.8. The number of nitrogens with one attached hydrogen (secondary N) is 2. The summed E-state index contributed by atoms with van der Waals surface area (Å²) < 4.78 is 0. The zero-order valence-corrected chi connectivity index (χ0v) is 10.6. The molecule has 0 aromatic carbocycles. The Hall–Kier alpha value is -0.610. The Kier molecular flexibility index (Phi) is 4.40. The third kappa shape index (κ3) is 3.19. The van der Waals surface area contributed by atoms with Crippen LogP contribution < -0.4 is 10.6 Å². The van der Waals surface area contributed by atoms with Crippen LogP contribution in [-0.2, 0) is 4.79 Å². The molecule has 1 aliphatic heterocycles. The van der Waals surface area contributed by atoms with Gasteiger partial charge in [-0.15, -0.1) is 0 Å². The van der Waals surface area contributed by atoms with E-state index in [-0.39, 0.29) is 24.0 Å². The van der Waals surface area contributed by atoms with Crippen molar-refractivity contribution < 1.29 is 9.90 Å². The molecule has 0 aromatic rings. The van der Waals surface area contributed by atoms with E-state index in [1.54, 1.807) is 0 Å². The van der Waals surface area contributed by atoms with E-state index in [9.17, 15) is 9.90 Å². The lowest BCUT2D eigenvalue weighted by molar-refractivity contribution is -0.124. The van der Waals surface area contributed by atoms with E-state index in [0.29, 0.717) is 12.5 Å². The molecule has 1 amide bonds. The Morgan fingerprint density at radius 1 is 1.35 bits per heavy atom. The van der Waals surface area contributed by atoms with Crippen LogP contribution in [0.15, 0.2) is 0 Å². The summed E-state index contributed by atoms with van der Waals surface area (Å²) in [5.41, 5.74) is 0. The van der Waals surface area contributed by atoms with Crippen LogP contribution in [0.25, 0.3) is 0 Å². The van der Waals surface area contributed by atoms with Gasteiger partial charge in [0.25, 0.3) is 0 Å². The molecule has 98 valence electrons. The molecule has 1 saturated heterocycles. The number of rotatable bonds is 3. The average molecular weight is 240 g/mol. The van der Waals surface area contributed by atoms with Crippen LogP contribution in [0.4, 0.5) is 0 Å². The van der Waals surface area contributed by atoms with Gasteiger partial charge in [0.2, 0.25) is 5.91 Å². The fourth-order valence-electron chi connectivity index (χ4n) is 2.95. The molecular formula is C13H24N2O2. The molecular weight excluding hydrogens is 216 g/mol. The molecule has 17 heavy (non-hydrogen) atoms. The van der Waals surface area contributed by atoms with Crippen molar-refractivity contribution in [3.8, 4) is 0 Å². The summed E-state index contributed by atoms with van der Waals surface area (Å²) in [5.74, 6) is 0.781. The maximum Gasteiger partial charge on any atom is 0.237 e. The third-order valence-electron chi connectivity index (χ3n) is 4.22. The quantitative estimate of drug-likeness (QED) is 0.679. The largest absolute Gasteiger partial charge is 0.393 e. The van der Waals surface area contributed by atoms with Crippen molar-refractivity contribution in [2.75, 3.05) is 13.1 Å². The number of hydrogen-bond acceptors (Lipinski definition) is 3. The first-order chi connectivity index (χ1) is 8.18. The first-order valence-electron chi connectivity index (χ1n) is 6.87. The predicted octanol–water partition coefficient (Wildman–Crippen LogP) is 0.652. The number of aliphatic hydroxyl groups is 1. The number of carbonyl (C=O) groups excluding carboxylic acids is 1. The third-order valence-corrected chi connectivity index (χ3v) is 4.22. The Morgan fingerprint density at radius 3 is 2.76 bits per heavy atom. The van der Waals surface area contributed by atoms with Crippen LogP contribution >= 0.6 is 0 Å². The highest BCUT2D eigenvalue weighted by molar-refractivity contribution is 5.82. The topological polar surface area (TPSA) is 61.4 Å². The van der Waals surface area contributed by atoms with Gasteiger partial charge in [-0.25, -0.2) is 0 Å². The highest BCUT2D eigenvalue weighted by Crippen LogP contribution is 2.23. The molecule has 4 unspecified atom stereocenters. The Morgan fingerprint density at radius 2 is 2.12 bits per heavy atom. The average Bonchev–Trinajstić information content (AvgIpc) is 2.74. The standard InChI is InChI=1S/C13H24N2O2/c1-9-6-7-14-12(9)13(17)15-8-10-4-2-3-5-11(10)16/h9-12,14,16H,2-8H2,1H3,(H,15,17). The summed E-state index contributed by atoms with van der Waals surface area (Å²) in [7, 11) is 0. The highest BCUT2D eigenvalue weighted by atomic mass is 16.3. The molecule has 0 aromatic heterocycles. The minimum absolute atomic E-state index is 0.0317. The van der Waals surface area contributed by atoms with Crippen molar-refractivity contribution in [3.05, 3.63) is 0 Å². The van der Waals surface area contributed by atoms with Crippen LogP contribution in [0.1, 0.15) is 39.0 Å². The molecule has 2 aliphatic rings. The first-order valence-corrected chi connectivity index (χ1v) is 6.87. The van der Waals surface area contributed by atoms with E-state index >= 15 is 0 Å². The lowest BCUT2D eigenvalue weighted by Crippen LogP contribution is -2.46. The maximum atomic E-state index is 11.9. The fraction of sp³-hybridized carbons (Fsp3) is 0.923. The van der Waals surface area contributed by atoms with Gasteiger partial charge in [0.15, 0.2) is 0 Å². The summed E-state index contributed by atoms with van der Waals surface area (Å²) in [6.07, 6.45) is 5.07. The van der Waals surface area contributed by atoms with E-state index in [2.05, 4.69) is 17.6 Å². The lowest BCUT2D eigenvalue weighted by atomic mass is 9.86. The minimum Gasteiger partial charge on any atom is -0.393 e. The molecule has 3 N–H and O–H groups in total. The SMILES string of the molecule is CC1CCNC1C(=O)NCC1CCCCC1O. The van der Waals surface area contributed by atoms with Crippen LogP contribution in [0.2, 0.25) is 0 Å². The summed E-state index contributed by atoms with van der Waals surface area (Å²) >= 11 is 0. The molecule has 1 saturated carbocycles. The smallest absolute Gasteiger partial charge is 0.237 e. The fourth-order valence-corrected chi connectivity index (χ4v) is 2.95. The van der Waals surface area contributed by atoms with Gasteiger partial charge in [0.05, 0.1) is 12.1 Å². The van der Waals surface area contributed by atoms with Gasteiger partial charge in [0.1, 0.15) is 0 Å². The summed E-state index contributed by atoms with van der Waals surface area (Å²) in [6.45, 7) is 3.68. The van der Waals surface area contributed by atoms with Gasteiger partial charge >= 0.3 is 0 Å². The summed E-state index contributed by atoms with van der Waals surface area (Å²) in [4.78, 5) is 11.9. The van der Waals surface area contributed by atoms with Crippen molar-refractivity contribution in [1.82, 2.24) is 10.6 Å². The van der Waals surface area contributed by atoms with E-state index in [1.165, 1.54) is 6.42 Å². The van der Waals surface area contributed by atoms with E-state index in [1.807, 2.05) is 0 Å². The second-order valence-corrected chi connectivity index (χ2v) is 5.55. The van der Waals surface area contributed by atoms with Gasteiger partial charge in [-0.3, -0.25) is 4.79 Å². The minimum atomic E-state index is -0.224. The second kappa shape index (κ2) is 5.83. The summed E-state index contributed by atoms with van der Waals surface area (Å²) in [6, 6.07) is -0.0317. The van der Waals surface area contributed by atoms with Gasteiger partial charge in [-0.2, -0.15) is 0 Å². The molecule has 1 aliphatic carbocycles. The highest BCUT2D eigenvalue weighted by Gasteiger charge is 2.30. The van der Waals surface area contributed by atoms with Crippen molar-refractivity contribution >= 4 is 5.91 Å². The van der Waals surface area contributed by atoms with Crippen molar-refractivity contribution in [3.63, 3.8) is 0 Å². The van der Waals surface area contributed by atoms with Crippen molar-refractivity contribution in [2.24, 2.45) is 11.8 Å². The van der Waals surface area contributed by atoms with Crippen LogP contribution in [-0.4, -0.2) is 36.2 Å². The molecule has 0 bridgehead atoms. The normalized spacial score (nSPS) is 38.0. The maximum absolute atomic E-state index is 11.9. The van der Waals surface area contributed by atoms with Gasteiger partial charge < -0.3 is 15.7 Å². The molecule has 2 rings (SSSR count).